The van der Waals surface area contributed by atoms with Crippen LogP contribution in [0.15, 0.2) is 42.5 Å². The predicted molar refractivity (Wildman–Crippen MR) is 86.2 cm³/mol. The molecule has 0 radical (unpaired) electrons. The van der Waals surface area contributed by atoms with E-state index < -0.39 is 5.92 Å². The van der Waals surface area contributed by atoms with E-state index in [0.717, 1.165) is 0 Å². The molecule has 0 N–H and O–H groups in total. The maximum absolute atomic E-state index is 12.7. The fourth-order valence-electron chi connectivity index (χ4n) is 2.64. The third-order valence-electron chi connectivity index (χ3n) is 3.70. The van der Waals surface area contributed by atoms with Crippen molar-refractivity contribution in [2.75, 3.05) is 13.2 Å². The van der Waals surface area contributed by atoms with E-state index in [1.54, 1.807) is 43.3 Å². The molecule has 0 saturated heterocycles. The fraction of sp³-hybridized carbons (Fsp3) is 0.222. The molecule has 4 nitrogen and oxygen atoms in total. The molecule has 0 aromatic heterocycles. The Morgan fingerprint density at radius 3 is 2.70 bits per heavy atom. The number of hydrogen-bond donors (Lipinski definition) is 0. The van der Waals surface area contributed by atoms with Crippen LogP contribution in [-0.4, -0.2) is 25.0 Å². The largest absolute Gasteiger partial charge is 0.491 e. The zero-order valence-electron chi connectivity index (χ0n) is 12.5. The van der Waals surface area contributed by atoms with E-state index in [-0.39, 0.29) is 18.4 Å². The van der Waals surface area contributed by atoms with Gasteiger partial charge in [-0.15, -0.1) is 0 Å². The van der Waals surface area contributed by atoms with Gasteiger partial charge in [0.05, 0.1) is 12.2 Å². The first-order chi connectivity index (χ1) is 11.1. The maximum Gasteiger partial charge on any atom is 0.317 e. The minimum atomic E-state index is -0.550. The minimum absolute atomic E-state index is 0.156. The lowest BCUT2D eigenvalue weighted by molar-refractivity contribution is -0.145. The fourth-order valence-corrected chi connectivity index (χ4v) is 2.87. The van der Waals surface area contributed by atoms with Gasteiger partial charge in [0.25, 0.3) is 0 Å². The molecule has 0 amide bonds. The molecule has 3 rings (SSSR count). The summed E-state index contributed by atoms with van der Waals surface area (Å²) in [6.07, 6.45) is 0. The number of halogens is 1. The minimum Gasteiger partial charge on any atom is -0.491 e. The van der Waals surface area contributed by atoms with Gasteiger partial charge in [-0.1, -0.05) is 41.9 Å². The quantitative estimate of drug-likeness (QED) is 0.635. The molecule has 2 aromatic carbocycles. The Balaban J connectivity index is 2.03. The van der Waals surface area contributed by atoms with E-state index in [1.165, 1.54) is 0 Å². The first-order valence-corrected chi connectivity index (χ1v) is 7.72. The number of ether oxygens (including phenoxy) is 2. The number of fused-ring (bicyclic) bond motifs is 1. The summed E-state index contributed by atoms with van der Waals surface area (Å²) in [4.78, 5) is 24.7. The molecule has 1 aliphatic heterocycles. The van der Waals surface area contributed by atoms with Gasteiger partial charge in [0, 0.05) is 16.1 Å². The Labute approximate surface area is 139 Å². The van der Waals surface area contributed by atoms with Gasteiger partial charge < -0.3 is 9.47 Å². The summed E-state index contributed by atoms with van der Waals surface area (Å²) in [7, 11) is 0. The van der Waals surface area contributed by atoms with Gasteiger partial charge in [0.2, 0.25) is 0 Å². The second kappa shape index (κ2) is 6.42. The summed E-state index contributed by atoms with van der Waals surface area (Å²) >= 11 is 6.15. The van der Waals surface area contributed by atoms with E-state index in [4.69, 9.17) is 21.1 Å². The van der Waals surface area contributed by atoms with Crippen molar-refractivity contribution in [3.63, 3.8) is 0 Å². The Bertz CT molecular complexity index is 755. The van der Waals surface area contributed by atoms with E-state index >= 15 is 0 Å². The molecule has 0 bridgehead atoms. The average molecular weight is 331 g/mol. The van der Waals surface area contributed by atoms with E-state index in [0.29, 0.717) is 34.1 Å². The van der Waals surface area contributed by atoms with Gasteiger partial charge in [-0.3, -0.25) is 9.59 Å². The molecule has 118 valence electrons. The molecule has 0 fully saturated rings. The van der Waals surface area contributed by atoms with Crippen LogP contribution in [0.25, 0.3) is 0 Å². The van der Waals surface area contributed by atoms with E-state index in [9.17, 15) is 9.59 Å². The Morgan fingerprint density at radius 2 is 2.00 bits per heavy atom. The van der Waals surface area contributed by atoms with Crippen LogP contribution in [0.2, 0.25) is 5.02 Å². The monoisotopic (exact) mass is 330 g/mol. The predicted octanol–water partition coefficient (Wildman–Crippen LogP) is 3.61. The van der Waals surface area contributed by atoms with Crippen LogP contribution in [0.4, 0.5) is 0 Å². The zero-order chi connectivity index (χ0) is 16.4. The molecule has 1 unspecified atom stereocenters. The standard InChI is InChI=1S/C18H15ClO4/c1-2-22-18(21)15-10-23-17-13(15)8-12(19)9-14(17)16(20)11-6-4-3-5-7-11/h3-9,15H,2,10H2,1H3. The molecule has 1 atom stereocenters. The molecular weight excluding hydrogens is 316 g/mol. The summed E-state index contributed by atoms with van der Waals surface area (Å²) in [5, 5.41) is 0.392. The van der Waals surface area contributed by atoms with Gasteiger partial charge in [-0.05, 0) is 19.1 Å². The third kappa shape index (κ3) is 2.94. The van der Waals surface area contributed by atoms with Crippen LogP contribution in [0.5, 0.6) is 5.75 Å². The highest BCUT2D eigenvalue weighted by atomic mass is 35.5. The zero-order valence-corrected chi connectivity index (χ0v) is 13.3. The van der Waals surface area contributed by atoms with Crippen LogP contribution in [0.3, 0.4) is 0 Å². The van der Waals surface area contributed by atoms with Crippen LogP contribution in [0.1, 0.15) is 34.3 Å². The Kier molecular flexibility index (Phi) is 4.35. The van der Waals surface area contributed by atoms with Gasteiger partial charge in [-0.2, -0.15) is 0 Å². The number of esters is 1. The maximum atomic E-state index is 12.7. The normalized spacial score (nSPS) is 15.7. The lowest BCUT2D eigenvalue weighted by Gasteiger charge is -2.10. The molecule has 2 aromatic rings. The van der Waals surface area contributed by atoms with E-state index in [1.807, 2.05) is 6.07 Å². The van der Waals surface area contributed by atoms with Crippen LogP contribution < -0.4 is 4.74 Å². The van der Waals surface area contributed by atoms with Crippen molar-refractivity contribution in [1.29, 1.82) is 0 Å². The summed E-state index contributed by atoms with van der Waals surface area (Å²) in [6, 6.07) is 12.1. The summed E-state index contributed by atoms with van der Waals surface area (Å²) in [5.41, 5.74) is 1.51. The van der Waals surface area contributed by atoms with Gasteiger partial charge in [0.1, 0.15) is 18.3 Å². The van der Waals surface area contributed by atoms with Crippen molar-refractivity contribution < 1.29 is 19.1 Å². The van der Waals surface area contributed by atoms with Crippen molar-refractivity contribution in [3.8, 4) is 5.75 Å². The van der Waals surface area contributed by atoms with E-state index in [2.05, 4.69) is 0 Å². The SMILES string of the molecule is CCOC(=O)C1COc2c(C(=O)c3ccccc3)cc(Cl)cc21. The third-order valence-corrected chi connectivity index (χ3v) is 3.92. The van der Waals surface area contributed by atoms with Crippen molar-refractivity contribution >= 4 is 23.4 Å². The van der Waals surface area contributed by atoms with Crippen molar-refractivity contribution in [2.24, 2.45) is 0 Å². The molecule has 0 saturated carbocycles. The number of ketones is 1. The molecular formula is C18H15ClO4. The van der Waals surface area contributed by atoms with Crippen LogP contribution >= 0.6 is 11.6 Å². The van der Waals surface area contributed by atoms with Gasteiger partial charge in [0.15, 0.2) is 5.78 Å². The first kappa shape index (κ1) is 15.6. The van der Waals surface area contributed by atoms with Crippen molar-refractivity contribution in [3.05, 3.63) is 64.2 Å². The highest BCUT2D eigenvalue weighted by Crippen LogP contribution is 2.40. The number of rotatable bonds is 4. The molecule has 23 heavy (non-hydrogen) atoms. The molecule has 0 spiro atoms. The van der Waals surface area contributed by atoms with Crippen molar-refractivity contribution in [2.45, 2.75) is 12.8 Å². The second-order valence-electron chi connectivity index (χ2n) is 5.18. The lowest BCUT2D eigenvalue weighted by Crippen LogP contribution is -2.17. The number of carbonyl (C=O) groups is 2. The number of benzene rings is 2. The first-order valence-electron chi connectivity index (χ1n) is 7.34. The molecule has 5 heteroatoms. The van der Waals surface area contributed by atoms with Crippen LogP contribution in [-0.2, 0) is 9.53 Å². The Hall–Kier alpha value is -2.33. The Morgan fingerprint density at radius 1 is 1.26 bits per heavy atom. The topological polar surface area (TPSA) is 52.6 Å². The molecule has 0 aliphatic carbocycles. The lowest BCUT2D eigenvalue weighted by atomic mass is 9.95. The molecule has 1 aliphatic rings. The average Bonchev–Trinajstić information content (AvgIpc) is 2.98. The summed E-state index contributed by atoms with van der Waals surface area (Å²) in [5.74, 6) is -0.687. The highest BCUT2D eigenvalue weighted by Gasteiger charge is 2.35. The number of carbonyl (C=O) groups excluding carboxylic acids is 2. The van der Waals surface area contributed by atoms with Crippen LogP contribution in [0, 0.1) is 0 Å². The second-order valence-corrected chi connectivity index (χ2v) is 5.62. The molecule has 1 heterocycles. The number of hydrogen-bond acceptors (Lipinski definition) is 4. The summed E-state index contributed by atoms with van der Waals surface area (Å²) < 4.78 is 10.7. The highest BCUT2D eigenvalue weighted by molar-refractivity contribution is 6.31. The smallest absolute Gasteiger partial charge is 0.317 e. The van der Waals surface area contributed by atoms with Crippen molar-refractivity contribution in [1.82, 2.24) is 0 Å². The summed E-state index contributed by atoms with van der Waals surface area (Å²) in [6.45, 7) is 2.20. The van der Waals surface area contributed by atoms with Gasteiger partial charge >= 0.3 is 5.97 Å². The van der Waals surface area contributed by atoms with Gasteiger partial charge in [-0.25, -0.2) is 0 Å².